The molecule has 1 saturated carbocycles. The number of hydrogen-bond donors (Lipinski definition) is 2. The lowest BCUT2D eigenvalue weighted by Crippen LogP contribution is -2.24. The average molecular weight is 281 g/mol. The van der Waals surface area contributed by atoms with E-state index in [-0.39, 0.29) is 17.2 Å². The van der Waals surface area contributed by atoms with Crippen molar-refractivity contribution < 1.29 is 9.59 Å². The molecule has 4 nitrogen and oxygen atoms in total. The van der Waals surface area contributed by atoms with Crippen molar-refractivity contribution in [1.82, 2.24) is 5.32 Å². The van der Waals surface area contributed by atoms with Crippen LogP contribution in [-0.2, 0) is 4.79 Å². The predicted octanol–water partition coefficient (Wildman–Crippen LogP) is 2.83. The molecule has 0 heterocycles. The third kappa shape index (κ3) is 3.07. The molecule has 5 heteroatoms. The smallest absolute Gasteiger partial charge is 0.252 e. The summed E-state index contributed by atoms with van der Waals surface area (Å²) in [6, 6.07) is 4.93. The lowest BCUT2D eigenvalue weighted by molar-refractivity contribution is -0.120. The Labute approximate surface area is 117 Å². The van der Waals surface area contributed by atoms with Crippen molar-refractivity contribution in [2.45, 2.75) is 26.7 Å². The molecule has 1 fully saturated rings. The number of carbonyl (C=O) groups is 2. The van der Waals surface area contributed by atoms with Crippen LogP contribution in [0.4, 0.5) is 5.69 Å². The topological polar surface area (TPSA) is 58.2 Å². The van der Waals surface area contributed by atoms with Gasteiger partial charge in [-0.2, -0.15) is 0 Å². The van der Waals surface area contributed by atoms with Crippen molar-refractivity contribution in [1.29, 1.82) is 0 Å². The Morgan fingerprint density at radius 1 is 1.37 bits per heavy atom. The highest BCUT2D eigenvalue weighted by molar-refractivity contribution is 6.34. The number of carbonyl (C=O) groups excluding carboxylic acids is 2. The van der Waals surface area contributed by atoms with Crippen LogP contribution in [0.1, 0.15) is 37.0 Å². The van der Waals surface area contributed by atoms with E-state index in [4.69, 9.17) is 11.6 Å². The molecule has 0 aliphatic heterocycles. The summed E-state index contributed by atoms with van der Waals surface area (Å²) in [7, 11) is 0. The SMILES string of the molecule is CCNC(=O)c1cc(NC(=O)C2(C)CC2)ccc1Cl. The molecular formula is C14H17ClN2O2. The van der Waals surface area contributed by atoms with Gasteiger partial charge in [-0.15, -0.1) is 0 Å². The van der Waals surface area contributed by atoms with Crippen LogP contribution in [0.15, 0.2) is 18.2 Å². The Balaban J connectivity index is 2.16. The van der Waals surface area contributed by atoms with Crippen LogP contribution in [0.2, 0.25) is 5.02 Å². The largest absolute Gasteiger partial charge is 0.352 e. The van der Waals surface area contributed by atoms with E-state index in [0.717, 1.165) is 12.8 Å². The molecule has 0 bridgehead atoms. The van der Waals surface area contributed by atoms with Gasteiger partial charge in [0.2, 0.25) is 5.91 Å². The van der Waals surface area contributed by atoms with Crippen LogP contribution in [0.25, 0.3) is 0 Å². The Morgan fingerprint density at radius 2 is 2.05 bits per heavy atom. The van der Waals surface area contributed by atoms with Gasteiger partial charge in [-0.25, -0.2) is 0 Å². The third-order valence-corrected chi connectivity index (χ3v) is 3.68. The second-order valence-electron chi connectivity index (χ2n) is 5.07. The molecule has 1 aromatic carbocycles. The van der Waals surface area contributed by atoms with Gasteiger partial charge in [0.15, 0.2) is 0 Å². The van der Waals surface area contributed by atoms with Crippen molar-refractivity contribution in [3.05, 3.63) is 28.8 Å². The van der Waals surface area contributed by atoms with Gasteiger partial charge >= 0.3 is 0 Å². The number of anilines is 1. The third-order valence-electron chi connectivity index (χ3n) is 3.35. The number of hydrogen-bond acceptors (Lipinski definition) is 2. The van der Waals surface area contributed by atoms with E-state index in [2.05, 4.69) is 10.6 Å². The van der Waals surface area contributed by atoms with Gasteiger partial charge in [0.05, 0.1) is 10.6 Å². The van der Waals surface area contributed by atoms with Gasteiger partial charge in [0, 0.05) is 17.6 Å². The molecule has 1 aromatic rings. The Bertz CT molecular complexity index is 524. The molecule has 2 rings (SSSR count). The first-order valence-electron chi connectivity index (χ1n) is 6.35. The summed E-state index contributed by atoms with van der Waals surface area (Å²) < 4.78 is 0. The zero-order valence-corrected chi connectivity index (χ0v) is 11.8. The van der Waals surface area contributed by atoms with Crippen molar-refractivity contribution in [2.75, 3.05) is 11.9 Å². The quantitative estimate of drug-likeness (QED) is 0.891. The van der Waals surface area contributed by atoms with Gasteiger partial charge in [0.25, 0.3) is 5.91 Å². The maximum absolute atomic E-state index is 11.9. The fourth-order valence-electron chi connectivity index (χ4n) is 1.73. The van der Waals surface area contributed by atoms with Crippen molar-refractivity contribution in [3.63, 3.8) is 0 Å². The van der Waals surface area contributed by atoms with Gasteiger partial charge in [-0.3, -0.25) is 9.59 Å². The molecule has 1 aliphatic rings. The van der Waals surface area contributed by atoms with Crippen molar-refractivity contribution in [3.8, 4) is 0 Å². The molecule has 102 valence electrons. The molecule has 0 aromatic heterocycles. The fourth-order valence-corrected chi connectivity index (χ4v) is 1.93. The molecular weight excluding hydrogens is 264 g/mol. The fraction of sp³-hybridized carbons (Fsp3) is 0.429. The van der Waals surface area contributed by atoms with E-state index in [9.17, 15) is 9.59 Å². The zero-order chi connectivity index (χ0) is 14.0. The van der Waals surface area contributed by atoms with E-state index in [0.29, 0.717) is 22.8 Å². The molecule has 0 atom stereocenters. The number of rotatable bonds is 4. The van der Waals surface area contributed by atoms with E-state index in [1.807, 2.05) is 13.8 Å². The maximum atomic E-state index is 11.9. The molecule has 2 N–H and O–H groups in total. The predicted molar refractivity (Wildman–Crippen MR) is 75.4 cm³/mol. The number of nitrogens with one attached hydrogen (secondary N) is 2. The van der Waals surface area contributed by atoms with Gasteiger partial charge in [0.1, 0.15) is 0 Å². The average Bonchev–Trinajstić information content (AvgIpc) is 3.11. The van der Waals surface area contributed by atoms with E-state index in [1.54, 1.807) is 18.2 Å². The van der Waals surface area contributed by atoms with E-state index >= 15 is 0 Å². The van der Waals surface area contributed by atoms with Crippen molar-refractivity contribution >= 4 is 29.1 Å². The molecule has 0 saturated heterocycles. The molecule has 0 spiro atoms. The lowest BCUT2D eigenvalue weighted by atomic mass is 10.1. The number of amides is 2. The zero-order valence-electron chi connectivity index (χ0n) is 11.0. The normalized spacial score (nSPS) is 15.7. The summed E-state index contributed by atoms with van der Waals surface area (Å²) in [5.41, 5.74) is 0.733. The van der Waals surface area contributed by atoms with Crippen LogP contribution < -0.4 is 10.6 Å². The van der Waals surface area contributed by atoms with Crippen LogP contribution >= 0.6 is 11.6 Å². The minimum Gasteiger partial charge on any atom is -0.352 e. The lowest BCUT2D eigenvalue weighted by Gasteiger charge is -2.12. The first-order chi connectivity index (χ1) is 8.96. The molecule has 19 heavy (non-hydrogen) atoms. The summed E-state index contributed by atoms with van der Waals surface area (Å²) >= 11 is 5.99. The molecule has 0 radical (unpaired) electrons. The number of benzene rings is 1. The highest BCUT2D eigenvalue weighted by Gasteiger charge is 2.44. The van der Waals surface area contributed by atoms with Crippen molar-refractivity contribution in [2.24, 2.45) is 5.41 Å². The molecule has 2 amide bonds. The first kappa shape index (κ1) is 13.9. The first-order valence-corrected chi connectivity index (χ1v) is 6.73. The molecule has 1 aliphatic carbocycles. The number of halogens is 1. The standard InChI is InChI=1S/C14H17ClN2O2/c1-3-16-12(18)10-8-9(4-5-11(10)15)17-13(19)14(2)6-7-14/h4-5,8H,3,6-7H2,1-2H3,(H,16,18)(H,17,19). The highest BCUT2D eigenvalue weighted by atomic mass is 35.5. The van der Waals surface area contributed by atoms with Crippen LogP contribution in [0, 0.1) is 5.41 Å². The van der Waals surface area contributed by atoms with Crippen LogP contribution in [-0.4, -0.2) is 18.4 Å². The summed E-state index contributed by atoms with van der Waals surface area (Å²) in [5.74, 6) is -0.238. The summed E-state index contributed by atoms with van der Waals surface area (Å²) in [5, 5.41) is 5.90. The van der Waals surface area contributed by atoms with Crippen LogP contribution in [0.5, 0.6) is 0 Å². The van der Waals surface area contributed by atoms with E-state index < -0.39 is 0 Å². The minimum absolute atomic E-state index is 0.00308. The second-order valence-corrected chi connectivity index (χ2v) is 5.48. The summed E-state index contributed by atoms with van der Waals surface area (Å²) in [4.78, 5) is 23.7. The van der Waals surface area contributed by atoms with Gasteiger partial charge < -0.3 is 10.6 Å². The van der Waals surface area contributed by atoms with Crippen LogP contribution in [0.3, 0.4) is 0 Å². The molecule has 0 unspecified atom stereocenters. The Kier molecular flexibility index (Phi) is 3.80. The maximum Gasteiger partial charge on any atom is 0.252 e. The summed E-state index contributed by atoms with van der Waals surface area (Å²) in [6.07, 6.45) is 1.82. The van der Waals surface area contributed by atoms with Gasteiger partial charge in [-0.05, 0) is 38.0 Å². The highest BCUT2D eigenvalue weighted by Crippen LogP contribution is 2.45. The van der Waals surface area contributed by atoms with Gasteiger partial charge in [-0.1, -0.05) is 18.5 Å². The second kappa shape index (κ2) is 5.21. The monoisotopic (exact) mass is 280 g/mol. The minimum atomic E-state index is -0.245. The Hall–Kier alpha value is -1.55. The summed E-state index contributed by atoms with van der Waals surface area (Å²) in [6.45, 7) is 4.30. The van der Waals surface area contributed by atoms with E-state index in [1.165, 1.54) is 0 Å². The Morgan fingerprint density at radius 3 is 2.63 bits per heavy atom.